The summed E-state index contributed by atoms with van der Waals surface area (Å²) in [5.41, 5.74) is 3.73. The van der Waals surface area contributed by atoms with Crippen molar-refractivity contribution < 1.29 is 4.52 Å². The summed E-state index contributed by atoms with van der Waals surface area (Å²) in [7, 11) is 4.29. The topological polar surface area (TPSA) is 58.3 Å². The Morgan fingerprint density at radius 3 is 2.69 bits per heavy atom. The van der Waals surface area contributed by atoms with Gasteiger partial charge in [-0.1, -0.05) is 29.4 Å². The van der Waals surface area contributed by atoms with E-state index in [0.29, 0.717) is 17.8 Å². The number of hydrogen-bond acceptors (Lipinski definition) is 6. The fourth-order valence-corrected chi connectivity index (χ4v) is 3.48. The molecule has 1 atom stereocenters. The number of pyridine rings is 1. The Balaban J connectivity index is 1.45. The van der Waals surface area contributed by atoms with E-state index in [1.807, 2.05) is 12.1 Å². The van der Waals surface area contributed by atoms with Crippen LogP contribution in [0.2, 0.25) is 0 Å². The van der Waals surface area contributed by atoms with Crippen LogP contribution in [0.25, 0.3) is 11.5 Å². The zero-order valence-corrected chi connectivity index (χ0v) is 15.4. The molecule has 0 saturated heterocycles. The highest BCUT2D eigenvalue weighted by atomic mass is 16.5. The Morgan fingerprint density at radius 1 is 1.19 bits per heavy atom. The lowest BCUT2D eigenvalue weighted by atomic mass is 9.94. The molecule has 6 nitrogen and oxygen atoms in total. The van der Waals surface area contributed by atoms with Crippen molar-refractivity contribution in [2.45, 2.75) is 25.9 Å². The first kappa shape index (κ1) is 16.7. The molecule has 2 aromatic heterocycles. The smallest absolute Gasteiger partial charge is 0.259 e. The summed E-state index contributed by atoms with van der Waals surface area (Å²) < 4.78 is 5.20. The summed E-state index contributed by atoms with van der Waals surface area (Å²) >= 11 is 0. The van der Waals surface area contributed by atoms with Gasteiger partial charge in [0, 0.05) is 32.4 Å². The minimum atomic E-state index is 0.468. The van der Waals surface area contributed by atoms with Gasteiger partial charge in [-0.05, 0) is 43.7 Å². The summed E-state index contributed by atoms with van der Waals surface area (Å²) in [6, 6.07) is 13.2. The van der Waals surface area contributed by atoms with Crippen molar-refractivity contribution in [1.29, 1.82) is 0 Å². The molecule has 0 radical (unpaired) electrons. The molecule has 6 heteroatoms. The number of aromatic nitrogens is 3. The van der Waals surface area contributed by atoms with Gasteiger partial charge in [-0.25, -0.2) is 4.98 Å². The van der Waals surface area contributed by atoms with E-state index in [2.05, 4.69) is 63.3 Å². The van der Waals surface area contributed by atoms with Crippen LogP contribution in [0.3, 0.4) is 0 Å². The van der Waals surface area contributed by atoms with E-state index in [4.69, 9.17) is 4.52 Å². The van der Waals surface area contributed by atoms with Crippen molar-refractivity contribution in [1.82, 2.24) is 20.0 Å². The molecule has 1 aromatic carbocycles. The lowest BCUT2D eigenvalue weighted by Crippen LogP contribution is -2.44. The Bertz CT molecular complexity index is 889. The molecule has 0 fully saturated rings. The Kier molecular flexibility index (Phi) is 4.42. The second-order valence-corrected chi connectivity index (χ2v) is 6.97. The molecule has 26 heavy (non-hydrogen) atoms. The standard InChI is InChI=1S/C20H23N5O/c1-14-22-20(26-23-14)16-8-9-19(21-11-16)25(3)13-18-10-15-6-4-5-7-17(15)12-24(18)2/h4-9,11,18H,10,12-13H2,1-3H3. The first-order valence-electron chi connectivity index (χ1n) is 8.85. The zero-order valence-electron chi connectivity index (χ0n) is 15.4. The molecule has 3 aromatic rings. The van der Waals surface area contributed by atoms with E-state index < -0.39 is 0 Å². The molecule has 0 saturated carbocycles. The fourth-order valence-electron chi connectivity index (χ4n) is 3.48. The highest BCUT2D eigenvalue weighted by Crippen LogP contribution is 2.24. The molecule has 134 valence electrons. The summed E-state index contributed by atoms with van der Waals surface area (Å²) in [6.45, 7) is 3.73. The van der Waals surface area contributed by atoms with Crippen LogP contribution in [-0.2, 0) is 13.0 Å². The maximum Gasteiger partial charge on any atom is 0.259 e. The third kappa shape index (κ3) is 3.32. The third-order valence-corrected chi connectivity index (χ3v) is 5.02. The van der Waals surface area contributed by atoms with Crippen LogP contribution in [0.15, 0.2) is 47.1 Å². The summed E-state index contributed by atoms with van der Waals surface area (Å²) in [4.78, 5) is 13.5. The number of likely N-dealkylation sites (N-methyl/N-ethyl adjacent to an activating group) is 2. The second-order valence-electron chi connectivity index (χ2n) is 6.97. The van der Waals surface area contributed by atoms with Crippen molar-refractivity contribution in [2.24, 2.45) is 0 Å². The van der Waals surface area contributed by atoms with Crippen molar-refractivity contribution in [3.05, 3.63) is 59.5 Å². The molecule has 1 aliphatic heterocycles. The Morgan fingerprint density at radius 2 is 2.00 bits per heavy atom. The van der Waals surface area contributed by atoms with Gasteiger partial charge in [-0.3, -0.25) is 4.90 Å². The first-order chi connectivity index (χ1) is 12.6. The van der Waals surface area contributed by atoms with Gasteiger partial charge in [0.05, 0.1) is 5.56 Å². The monoisotopic (exact) mass is 349 g/mol. The van der Waals surface area contributed by atoms with E-state index in [1.54, 1.807) is 13.1 Å². The quantitative estimate of drug-likeness (QED) is 0.722. The lowest BCUT2D eigenvalue weighted by Gasteiger charge is -2.36. The highest BCUT2D eigenvalue weighted by Gasteiger charge is 2.24. The predicted octanol–water partition coefficient (Wildman–Crippen LogP) is 2.93. The number of aryl methyl sites for hydroxylation is 1. The second kappa shape index (κ2) is 6.88. The summed E-state index contributed by atoms with van der Waals surface area (Å²) in [5.74, 6) is 2.08. The number of hydrogen-bond donors (Lipinski definition) is 0. The average Bonchev–Trinajstić information content (AvgIpc) is 3.09. The SMILES string of the molecule is Cc1noc(-c2ccc(N(C)CC3Cc4ccccc4CN3C)nc2)n1. The number of fused-ring (bicyclic) bond motifs is 1. The first-order valence-corrected chi connectivity index (χ1v) is 8.85. The van der Waals surface area contributed by atoms with Crippen molar-refractivity contribution in [3.8, 4) is 11.5 Å². The van der Waals surface area contributed by atoms with Gasteiger partial charge < -0.3 is 9.42 Å². The number of rotatable bonds is 4. The molecule has 0 spiro atoms. The largest absolute Gasteiger partial charge is 0.358 e. The van der Waals surface area contributed by atoms with Gasteiger partial charge in [0.1, 0.15) is 5.82 Å². The van der Waals surface area contributed by atoms with Gasteiger partial charge in [-0.2, -0.15) is 4.98 Å². The van der Waals surface area contributed by atoms with Gasteiger partial charge in [0.15, 0.2) is 5.82 Å². The molecular formula is C20H23N5O. The van der Waals surface area contributed by atoms with E-state index in [0.717, 1.165) is 30.9 Å². The van der Waals surface area contributed by atoms with Crippen molar-refractivity contribution >= 4 is 5.82 Å². The van der Waals surface area contributed by atoms with Crippen LogP contribution in [-0.4, -0.2) is 46.7 Å². The molecule has 0 amide bonds. The van der Waals surface area contributed by atoms with Gasteiger partial charge in [0.2, 0.25) is 0 Å². The van der Waals surface area contributed by atoms with Gasteiger partial charge >= 0.3 is 0 Å². The molecule has 1 aliphatic rings. The van der Waals surface area contributed by atoms with Crippen molar-refractivity contribution in [3.63, 3.8) is 0 Å². The van der Waals surface area contributed by atoms with Crippen molar-refractivity contribution in [2.75, 3.05) is 25.5 Å². The van der Waals surface area contributed by atoms with Crippen LogP contribution < -0.4 is 4.90 Å². The van der Waals surface area contributed by atoms with Gasteiger partial charge in [0.25, 0.3) is 5.89 Å². The van der Waals surface area contributed by atoms with Crippen LogP contribution in [0.4, 0.5) is 5.82 Å². The third-order valence-electron chi connectivity index (χ3n) is 5.02. The lowest BCUT2D eigenvalue weighted by molar-refractivity contribution is 0.219. The average molecular weight is 349 g/mol. The Hall–Kier alpha value is -2.73. The highest BCUT2D eigenvalue weighted by molar-refractivity contribution is 5.54. The van der Waals surface area contributed by atoms with E-state index >= 15 is 0 Å². The zero-order chi connectivity index (χ0) is 18.1. The molecule has 4 rings (SSSR count). The van der Waals surface area contributed by atoms with Gasteiger partial charge in [-0.15, -0.1) is 0 Å². The molecule has 3 heterocycles. The number of benzene rings is 1. The molecule has 0 N–H and O–H groups in total. The van der Waals surface area contributed by atoms with Crippen LogP contribution in [0, 0.1) is 6.92 Å². The summed E-state index contributed by atoms with van der Waals surface area (Å²) in [5, 5.41) is 3.82. The fraction of sp³-hybridized carbons (Fsp3) is 0.350. The predicted molar refractivity (Wildman–Crippen MR) is 101 cm³/mol. The minimum absolute atomic E-state index is 0.468. The molecule has 1 unspecified atom stereocenters. The maximum absolute atomic E-state index is 5.20. The molecular weight excluding hydrogens is 326 g/mol. The maximum atomic E-state index is 5.20. The number of nitrogens with zero attached hydrogens (tertiary/aromatic N) is 5. The van der Waals surface area contributed by atoms with E-state index in [-0.39, 0.29) is 0 Å². The van der Waals surface area contributed by atoms with E-state index in [9.17, 15) is 0 Å². The normalized spacial score (nSPS) is 17.1. The van der Waals surface area contributed by atoms with Crippen LogP contribution >= 0.6 is 0 Å². The van der Waals surface area contributed by atoms with E-state index in [1.165, 1.54) is 11.1 Å². The number of anilines is 1. The molecule has 0 aliphatic carbocycles. The van der Waals surface area contributed by atoms with Crippen LogP contribution in [0.1, 0.15) is 17.0 Å². The minimum Gasteiger partial charge on any atom is -0.358 e. The summed E-state index contributed by atoms with van der Waals surface area (Å²) in [6.07, 6.45) is 2.86. The Labute approximate surface area is 153 Å². The molecule has 0 bridgehead atoms. The van der Waals surface area contributed by atoms with Crippen LogP contribution in [0.5, 0.6) is 0 Å².